The van der Waals surface area contributed by atoms with Crippen molar-refractivity contribution in [2.24, 2.45) is 0 Å². The number of ether oxygens (including phenoxy) is 1. The molecule has 0 saturated carbocycles. The molecule has 0 amide bonds. The van der Waals surface area contributed by atoms with Crippen molar-refractivity contribution >= 4 is 0 Å². The SMILES string of the molecule is CC(C)NCCCN1CC2CCC(C1)O2. The Morgan fingerprint density at radius 2 is 1.93 bits per heavy atom. The summed E-state index contributed by atoms with van der Waals surface area (Å²) in [7, 11) is 0. The third kappa shape index (κ3) is 3.44. The highest BCUT2D eigenvalue weighted by molar-refractivity contribution is 4.84. The van der Waals surface area contributed by atoms with Crippen LogP contribution in [0.1, 0.15) is 33.1 Å². The molecule has 88 valence electrons. The zero-order chi connectivity index (χ0) is 10.7. The number of hydrogen-bond donors (Lipinski definition) is 1. The summed E-state index contributed by atoms with van der Waals surface area (Å²) in [5, 5.41) is 3.47. The average Bonchev–Trinajstić information content (AvgIpc) is 2.53. The molecule has 0 aromatic rings. The minimum Gasteiger partial charge on any atom is -0.372 e. The fourth-order valence-corrected chi connectivity index (χ4v) is 2.58. The fraction of sp³-hybridized carbons (Fsp3) is 1.00. The minimum atomic E-state index is 0.543. The highest BCUT2D eigenvalue weighted by Crippen LogP contribution is 2.25. The van der Waals surface area contributed by atoms with Crippen molar-refractivity contribution in [1.82, 2.24) is 10.2 Å². The third-order valence-electron chi connectivity index (χ3n) is 3.32. The summed E-state index contributed by atoms with van der Waals surface area (Å²) in [5.41, 5.74) is 0. The van der Waals surface area contributed by atoms with E-state index in [0.29, 0.717) is 18.2 Å². The van der Waals surface area contributed by atoms with Crippen LogP contribution in [0.5, 0.6) is 0 Å². The Hall–Kier alpha value is -0.120. The van der Waals surface area contributed by atoms with Gasteiger partial charge in [-0.25, -0.2) is 0 Å². The largest absolute Gasteiger partial charge is 0.372 e. The number of likely N-dealkylation sites (tertiary alicyclic amines) is 1. The standard InChI is InChI=1S/C12H24N2O/c1-10(2)13-6-3-7-14-8-11-4-5-12(9-14)15-11/h10-13H,3-9H2,1-2H3. The number of fused-ring (bicyclic) bond motifs is 2. The van der Waals surface area contributed by atoms with Crippen molar-refractivity contribution in [3.63, 3.8) is 0 Å². The predicted molar refractivity (Wildman–Crippen MR) is 62.1 cm³/mol. The lowest BCUT2D eigenvalue weighted by atomic mass is 10.2. The van der Waals surface area contributed by atoms with Crippen LogP contribution >= 0.6 is 0 Å². The number of hydrogen-bond acceptors (Lipinski definition) is 3. The minimum absolute atomic E-state index is 0.543. The van der Waals surface area contributed by atoms with Crippen molar-refractivity contribution in [2.75, 3.05) is 26.2 Å². The quantitative estimate of drug-likeness (QED) is 0.694. The molecule has 0 aliphatic carbocycles. The van der Waals surface area contributed by atoms with E-state index in [1.807, 2.05) is 0 Å². The van der Waals surface area contributed by atoms with Gasteiger partial charge in [-0.05, 0) is 32.4 Å². The van der Waals surface area contributed by atoms with Crippen LogP contribution in [0.2, 0.25) is 0 Å². The molecule has 0 aromatic heterocycles. The second-order valence-corrected chi connectivity index (χ2v) is 5.18. The molecule has 3 heteroatoms. The molecule has 0 aromatic carbocycles. The van der Waals surface area contributed by atoms with Crippen molar-refractivity contribution < 1.29 is 4.74 Å². The predicted octanol–water partition coefficient (Wildman–Crippen LogP) is 1.24. The van der Waals surface area contributed by atoms with E-state index in [1.165, 1.54) is 25.8 Å². The number of nitrogens with zero attached hydrogens (tertiary/aromatic N) is 1. The molecular formula is C12H24N2O. The van der Waals surface area contributed by atoms with Crippen LogP contribution in [0.25, 0.3) is 0 Å². The van der Waals surface area contributed by atoms with E-state index in [1.54, 1.807) is 0 Å². The highest BCUT2D eigenvalue weighted by atomic mass is 16.5. The smallest absolute Gasteiger partial charge is 0.0707 e. The Labute approximate surface area is 93.2 Å². The molecule has 1 N–H and O–H groups in total. The molecule has 2 heterocycles. The number of rotatable bonds is 5. The van der Waals surface area contributed by atoms with Gasteiger partial charge in [-0.1, -0.05) is 13.8 Å². The van der Waals surface area contributed by atoms with Crippen LogP contribution in [0.3, 0.4) is 0 Å². The highest BCUT2D eigenvalue weighted by Gasteiger charge is 2.32. The van der Waals surface area contributed by atoms with E-state index in [0.717, 1.165) is 19.6 Å². The lowest BCUT2D eigenvalue weighted by Crippen LogP contribution is -2.43. The topological polar surface area (TPSA) is 24.5 Å². The maximum atomic E-state index is 5.81. The fourth-order valence-electron chi connectivity index (χ4n) is 2.58. The van der Waals surface area contributed by atoms with Crippen LogP contribution in [0, 0.1) is 0 Å². The van der Waals surface area contributed by atoms with Crippen LogP contribution in [-0.2, 0) is 4.74 Å². The van der Waals surface area contributed by atoms with Crippen LogP contribution in [0.15, 0.2) is 0 Å². The summed E-state index contributed by atoms with van der Waals surface area (Å²) in [5.74, 6) is 0. The first-order chi connectivity index (χ1) is 7.24. The molecule has 0 radical (unpaired) electrons. The summed E-state index contributed by atoms with van der Waals surface area (Å²) < 4.78 is 5.81. The molecule has 2 rings (SSSR count). The maximum absolute atomic E-state index is 5.81. The van der Waals surface area contributed by atoms with Gasteiger partial charge in [0.2, 0.25) is 0 Å². The Morgan fingerprint density at radius 1 is 1.27 bits per heavy atom. The zero-order valence-corrected chi connectivity index (χ0v) is 10.0. The van der Waals surface area contributed by atoms with Crippen molar-refractivity contribution in [1.29, 1.82) is 0 Å². The molecule has 2 bridgehead atoms. The first-order valence-electron chi connectivity index (χ1n) is 6.35. The van der Waals surface area contributed by atoms with E-state index in [9.17, 15) is 0 Å². The van der Waals surface area contributed by atoms with Crippen LogP contribution < -0.4 is 5.32 Å². The zero-order valence-electron chi connectivity index (χ0n) is 10.0. The molecular weight excluding hydrogens is 188 g/mol. The number of nitrogens with one attached hydrogen (secondary N) is 1. The second kappa shape index (κ2) is 5.28. The summed E-state index contributed by atoms with van der Waals surface area (Å²) in [6.45, 7) is 9.11. The lowest BCUT2D eigenvalue weighted by molar-refractivity contribution is -0.0383. The maximum Gasteiger partial charge on any atom is 0.0707 e. The Balaban J connectivity index is 1.59. The van der Waals surface area contributed by atoms with Gasteiger partial charge in [0.05, 0.1) is 12.2 Å². The van der Waals surface area contributed by atoms with Gasteiger partial charge in [0, 0.05) is 19.1 Å². The summed E-state index contributed by atoms with van der Waals surface area (Å²) in [6, 6.07) is 0.617. The first-order valence-corrected chi connectivity index (χ1v) is 6.35. The van der Waals surface area contributed by atoms with Gasteiger partial charge in [-0.3, -0.25) is 4.90 Å². The van der Waals surface area contributed by atoms with E-state index in [-0.39, 0.29) is 0 Å². The van der Waals surface area contributed by atoms with E-state index in [2.05, 4.69) is 24.1 Å². The molecule has 2 aliphatic rings. The van der Waals surface area contributed by atoms with Gasteiger partial charge in [0.1, 0.15) is 0 Å². The molecule has 2 atom stereocenters. The summed E-state index contributed by atoms with van der Waals surface area (Å²) in [4.78, 5) is 2.58. The number of morpholine rings is 1. The molecule has 2 aliphatic heterocycles. The van der Waals surface area contributed by atoms with E-state index < -0.39 is 0 Å². The molecule has 2 fully saturated rings. The molecule has 2 saturated heterocycles. The van der Waals surface area contributed by atoms with Gasteiger partial charge >= 0.3 is 0 Å². The van der Waals surface area contributed by atoms with Crippen LogP contribution in [-0.4, -0.2) is 49.3 Å². The Bertz CT molecular complexity index is 184. The van der Waals surface area contributed by atoms with Crippen molar-refractivity contribution in [3.8, 4) is 0 Å². The van der Waals surface area contributed by atoms with Gasteiger partial charge in [0.25, 0.3) is 0 Å². The van der Waals surface area contributed by atoms with Gasteiger partial charge in [0.15, 0.2) is 0 Å². The van der Waals surface area contributed by atoms with Gasteiger partial charge in [-0.2, -0.15) is 0 Å². The van der Waals surface area contributed by atoms with E-state index >= 15 is 0 Å². The van der Waals surface area contributed by atoms with Crippen molar-refractivity contribution in [3.05, 3.63) is 0 Å². The molecule has 3 nitrogen and oxygen atoms in total. The third-order valence-corrected chi connectivity index (χ3v) is 3.32. The van der Waals surface area contributed by atoms with Gasteiger partial charge in [-0.15, -0.1) is 0 Å². The molecule has 0 spiro atoms. The van der Waals surface area contributed by atoms with E-state index in [4.69, 9.17) is 4.74 Å². The Morgan fingerprint density at radius 3 is 2.53 bits per heavy atom. The first kappa shape index (κ1) is 11.4. The lowest BCUT2D eigenvalue weighted by Gasteiger charge is -2.32. The average molecular weight is 212 g/mol. The van der Waals surface area contributed by atoms with Crippen LogP contribution in [0.4, 0.5) is 0 Å². The summed E-state index contributed by atoms with van der Waals surface area (Å²) >= 11 is 0. The monoisotopic (exact) mass is 212 g/mol. The summed E-state index contributed by atoms with van der Waals surface area (Å²) in [6.07, 6.45) is 4.91. The van der Waals surface area contributed by atoms with Crippen molar-refractivity contribution in [2.45, 2.75) is 51.4 Å². The van der Waals surface area contributed by atoms with Gasteiger partial charge < -0.3 is 10.1 Å². The molecule has 15 heavy (non-hydrogen) atoms. The Kier molecular flexibility index (Phi) is 4.00. The second-order valence-electron chi connectivity index (χ2n) is 5.18. The molecule has 2 unspecified atom stereocenters. The normalized spacial score (nSPS) is 31.4.